The first-order chi connectivity index (χ1) is 7.67. The lowest BCUT2D eigenvalue weighted by Crippen LogP contribution is -2.00. The van der Waals surface area contributed by atoms with Gasteiger partial charge in [0.1, 0.15) is 0 Å². The summed E-state index contributed by atoms with van der Waals surface area (Å²) in [6.07, 6.45) is 9.27. The lowest BCUT2D eigenvalue weighted by Gasteiger charge is -2.05. The maximum Gasteiger partial charge on any atom is 0.0971 e. The molecule has 2 nitrogen and oxygen atoms in total. The topological polar surface area (TPSA) is 17.8 Å². The van der Waals surface area contributed by atoms with E-state index in [1.807, 2.05) is 16.8 Å². The highest BCUT2D eigenvalue weighted by Gasteiger charge is 2.02. The summed E-state index contributed by atoms with van der Waals surface area (Å²) in [5, 5.41) is 0. The Labute approximate surface area is 95.8 Å². The highest BCUT2D eigenvalue weighted by Crippen LogP contribution is 2.12. The molecular weight excluding hydrogens is 203 g/mol. The number of imidazole rings is 1. The van der Waals surface area contributed by atoms with Gasteiger partial charge in [-0.05, 0) is 25.5 Å². The van der Waals surface area contributed by atoms with Gasteiger partial charge in [0, 0.05) is 24.9 Å². The molecule has 3 heteroatoms. The van der Waals surface area contributed by atoms with Crippen molar-refractivity contribution in [3.05, 3.63) is 54.4 Å². The van der Waals surface area contributed by atoms with Crippen molar-refractivity contribution in [3.8, 4) is 0 Å². The van der Waals surface area contributed by atoms with Crippen LogP contribution in [-0.2, 0) is 13.0 Å². The molecule has 0 aliphatic carbocycles. The van der Waals surface area contributed by atoms with Crippen LogP contribution in [0.15, 0.2) is 48.7 Å². The first-order valence-electron chi connectivity index (χ1n) is 5.31. The number of aromatic nitrogens is 2. The van der Waals surface area contributed by atoms with Crippen molar-refractivity contribution in [2.75, 3.05) is 0 Å². The number of hydrogen-bond donors (Lipinski definition) is 0. The number of nitrogens with zero attached hydrogens (tertiary/aromatic N) is 2. The van der Waals surface area contributed by atoms with Gasteiger partial charge in [-0.3, -0.25) is 0 Å². The average molecular weight is 220 g/mol. The number of halogens is 1. The second-order valence-corrected chi connectivity index (χ2v) is 3.56. The molecule has 0 aliphatic heterocycles. The zero-order valence-electron chi connectivity index (χ0n) is 9.78. The molecule has 1 rings (SSSR count). The molecule has 0 unspecified atom stereocenters. The summed E-state index contributed by atoms with van der Waals surface area (Å²) in [6.45, 7) is 7.99. The second kappa shape index (κ2) is 6.05. The fourth-order valence-corrected chi connectivity index (χ4v) is 1.55. The normalized spacial score (nSPS) is 12.9. The average Bonchev–Trinajstić information content (AvgIpc) is 2.64. The second-order valence-electron chi connectivity index (χ2n) is 3.56. The number of allylic oxidation sites excluding steroid dienone is 5. The van der Waals surface area contributed by atoms with E-state index >= 15 is 0 Å². The minimum atomic E-state index is -0.198. The maximum absolute atomic E-state index is 12.8. The molecule has 0 saturated carbocycles. The fourth-order valence-electron chi connectivity index (χ4n) is 1.55. The van der Waals surface area contributed by atoms with Crippen LogP contribution in [0.4, 0.5) is 4.39 Å². The van der Waals surface area contributed by atoms with Crippen LogP contribution in [-0.4, -0.2) is 9.55 Å². The van der Waals surface area contributed by atoms with Gasteiger partial charge in [-0.15, -0.1) is 0 Å². The van der Waals surface area contributed by atoms with Crippen molar-refractivity contribution in [3.63, 3.8) is 0 Å². The van der Waals surface area contributed by atoms with Gasteiger partial charge in [0.15, 0.2) is 0 Å². The van der Waals surface area contributed by atoms with Crippen LogP contribution in [0.5, 0.6) is 0 Å². The molecule has 1 aromatic rings. The molecule has 0 atom stereocenters. The van der Waals surface area contributed by atoms with Crippen LogP contribution in [0, 0.1) is 0 Å². The Balaban J connectivity index is 2.88. The van der Waals surface area contributed by atoms with Crippen molar-refractivity contribution < 1.29 is 4.39 Å². The van der Waals surface area contributed by atoms with E-state index in [2.05, 4.69) is 18.5 Å². The number of hydrogen-bond acceptors (Lipinski definition) is 1. The van der Waals surface area contributed by atoms with E-state index in [0.29, 0.717) is 6.42 Å². The summed E-state index contributed by atoms with van der Waals surface area (Å²) in [7, 11) is 0. The first kappa shape index (κ1) is 12.4. The van der Waals surface area contributed by atoms with Crippen LogP contribution in [0.25, 0.3) is 0 Å². The molecule has 86 valence electrons. The first-order valence-corrected chi connectivity index (χ1v) is 5.31. The summed E-state index contributed by atoms with van der Waals surface area (Å²) in [6, 6.07) is 0. The molecule has 0 aliphatic rings. The van der Waals surface area contributed by atoms with Gasteiger partial charge in [0.2, 0.25) is 0 Å². The van der Waals surface area contributed by atoms with Crippen molar-refractivity contribution >= 4 is 0 Å². The summed E-state index contributed by atoms with van der Waals surface area (Å²) >= 11 is 0. The minimum absolute atomic E-state index is 0.198. The summed E-state index contributed by atoms with van der Waals surface area (Å²) in [5.41, 5.74) is 1.97. The van der Waals surface area contributed by atoms with E-state index in [1.54, 1.807) is 12.4 Å². The van der Waals surface area contributed by atoms with Crippen LogP contribution in [0.1, 0.15) is 19.5 Å². The van der Waals surface area contributed by atoms with Crippen LogP contribution in [0.3, 0.4) is 0 Å². The lowest BCUT2D eigenvalue weighted by molar-refractivity contribution is 0.638. The predicted octanol–water partition coefficient (Wildman–Crippen LogP) is 3.43. The van der Waals surface area contributed by atoms with Crippen LogP contribution in [0.2, 0.25) is 0 Å². The van der Waals surface area contributed by atoms with Gasteiger partial charge in [0.05, 0.1) is 12.2 Å². The third kappa shape index (κ3) is 3.50. The fraction of sp³-hybridized carbons (Fsp3) is 0.308. The zero-order chi connectivity index (χ0) is 12.0. The Hall–Kier alpha value is -1.64. The summed E-state index contributed by atoms with van der Waals surface area (Å²) < 4.78 is 14.9. The van der Waals surface area contributed by atoms with Crippen molar-refractivity contribution in [1.29, 1.82) is 0 Å². The monoisotopic (exact) mass is 220 g/mol. The van der Waals surface area contributed by atoms with E-state index in [4.69, 9.17) is 0 Å². The summed E-state index contributed by atoms with van der Waals surface area (Å²) in [4.78, 5) is 4.08. The van der Waals surface area contributed by atoms with E-state index < -0.39 is 0 Å². The van der Waals surface area contributed by atoms with Crippen molar-refractivity contribution in [1.82, 2.24) is 9.55 Å². The highest BCUT2D eigenvalue weighted by molar-refractivity contribution is 5.28. The zero-order valence-corrected chi connectivity index (χ0v) is 9.78. The maximum atomic E-state index is 12.8. The van der Waals surface area contributed by atoms with Crippen LogP contribution < -0.4 is 0 Å². The highest BCUT2D eigenvalue weighted by atomic mass is 19.1. The van der Waals surface area contributed by atoms with Crippen LogP contribution >= 0.6 is 0 Å². The van der Waals surface area contributed by atoms with Crippen molar-refractivity contribution in [2.45, 2.75) is 26.8 Å². The molecule has 0 amide bonds. The number of aryl methyl sites for hydroxylation is 1. The van der Waals surface area contributed by atoms with E-state index in [9.17, 15) is 4.39 Å². The lowest BCUT2D eigenvalue weighted by atomic mass is 10.1. The molecule has 0 saturated heterocycles. The third-order valence-electron chi connectivity index (χ3n) is 2.24. The molecule has 0 radical (unpaired) electrons. The molecular formula is C13H17FN2. The molecule has 1 heterocycles. The van der Waals surface area contributed by atoms with Crippen molar-refractivity contribution in [2.24, 2.45) is 0 Å². The molecule has 0 aromatic carbocycles. The molecule has 0 bridgehead atoms. The Morgan fingerprint density at radius 3 is 2.94 bits per heavy atom. The third-order valence-corrected chi connectivity index (χ3v) is 2.24. The minimum Gasteiger partial charge on any atom is -0.335 e. The Morgan fingerprint density at radius 2 is 2.38 bits per heavy atom. The molecule has 0 N–H and O–H groups in total. The van der Waals surface area contributed by atoms with Gasteiger partial charge in [-0.2, -0.15) is 0 Å². The Morgan fingerprint density at radius 1 is 1.62 bits per heavy atom. The molecule has 16 heavy (non-hydrogen) atoms. The van der Waals surface area contributed by atoms with Gasteiger partial charge in [-0.25, -0.2) is 9.37 Å². The standard InChI is InChI=1S/C13H17FN2/c1-4-6-12(7-11(3)14)8-13-9-15-10-16(13)5-2/h4,6-7,9-10H,1,5,8H2,2-3H3/b11-7+,12-6+. The van der Waals surface area contributed by atoms with Gasteiger partial charge in [-0.1, -0.05) is 18.7 Å². The largest absolute Gasteiger partial charge is 0.335 e. The predicted molar refractivity (Wildman–Crippen MR) is 64.8 cm³/mol. The smallest absolute Gasteiger partial charge is 0.0971 e. The quantitative estimate of drug-likeness (QED) is 0.695. The van der Waals surface area contributed by atoms with E-state index in [-0.39, 0.29) is 5.83 Å². The summed E-state index contributed by atoms with van der Waals surface area (Å²) in [5.74, 6) is -0.198. The molecule has 0 spiro atoms. The Bertz CT molecular complexity index is 409. The van der Waals surface area contributed by atoms with E-state index in [0.717, 1.165) is 17.8 Å². The van der Waals surface area contributed by atoms with Gasteiger partial charge in [0.25, 0.3) is 0 Å². The SMILES string of the molecule is C=C/C=C(\C=C(/C)F)Cc1cncn1CC. The van der Waals surface area contributed by atoms with Gasteiger partial charge >= 0.3 is 0 Å². The molecule has 1 aromatic heterocycles. The van der Waals surface area contributed by atoms with E-state index in [1.165, 1.54) is 13.0 Å². The van der Waals surface area contributed by atoms with Gasteiger partial charge < -0.3 is 4.57 Å². The Kier molecular flexibility index (Phi) is 4.70. The molecule has 0 fully saturated rings. The number of rotatable bonds is 5.